The highest BCUT2D eigenvalue weighted by atomic mass is 16.5. The van der Waals surface area contributed by atoms with Crippen LogP contribution in [0.5, 0.6) is 17.2 Å². The van der Waals surface area contributed by atoms with Crippen molar-refractivity contribution in [3.63, 3.8) is 0 Å². The number of ketones is 1. The Morgan fingerprint density at radius 2 is 1.77 bits per heavy atom. The molecule has 22 heavy (non-hydrogen) atoms. The number of allylic oxidation sites excluding steroid dienone is 1. The summed E-state index contributed by atoms with van der Waals surface area (Å²) in [5.41, 5.74) is 2.24. The molecule has 1 atom stereocenters. The Balaban J connectivity index is 2.11. The van der Waals surface area contributed by atoms with Crippen molar-refractivity contribution in [3.05, 3.63) is 29.0 Å². The predicted octanol–water partition coefficient (Wildman–Crippen LogP) is 2.14. The SMILES string of the molecule is COc1cc(C2N=CC(=O)C3=C2N=CC3)cc(OC)c1OC. The second kappa shape index (κ2) is 5.63. The van der Waals surface area contributed by atoms with Gasteiger partial charge >= 0.3 is 0 Å². The normalized spacial score (nSPS) is 19.4. The zero-order valence-corrected chi connectivity index (χ0v) is 12.6. The Hall–Kier alpha value is -2.63. The molecule has 1 aromatic rings. The van der Waals surface area contributed by atoms with E-state index in [0.717, 1.165) is 5.56 Å². The lowest BCUT2D eigenvalue weighted by Gasteiger charge is -2.20. The van der Waals surface area contributed by atoms with Crippen molar-refractivity contribution in [1.29, 1.82) is 0 Å². The number of rotatable bonds is 4. The molecule has 0 N–H and O–H groups in total. The van der Waals surface area contributed by atoms with Crippen molar-refractivity contribution >= 4 is 18.2 Å². The highest BCUT2D eigenvalue weighted by molar-refractivity contribution is 6.37. The molecule has 0 aromatic heterocycles. The van der Waals surface area contributed by atoms with Gasteiger partial charge in [-0.25, -0.2) is 0 Å². The second-order valence-electron chi connectivity index (χ2n) is 4.88. The molecule has 3 rings (SSSR count). The van der Waals surface area contributed by atoms with Gasteiger partial charge < -0.3 is 14.2 Å². The van der Waals surface area contributed by atoms with E-state index in [4.69, 9.17) is 14.2 Å². The van der Waals surface area contributed by atoms with Crippen molar-refractivity contribution in [2.45, 2.75) is 12.5 Å². The molecule has 2 aliphatic heterocycles. The molecule has 0 saturated heterocycles. The van der Waals surface area contributed by atoms with E-state index < -0.39 is 0 Å². The molecule has 0 saturated carbocycles. The molecular weight excluding hydrogens is 284 g/mol. The van der Waals surface area contributed by atoms with E-state index in [0.29, 0.717) is 34.9 Å². The lowest BCUT2D eigenvalue weighted by atomic mass is 9.95. The lowest BCUT2D eigenvalue weighted by molar-refractivity contribution is -0.109. The fourth-order valence-corrected chi connectivity index (χ4v) is 2.67. The van der Waals surface area contributed by atoms with Gasteiger partial charge in [0.2, 0.25) is 11.5 Å². The molecule has 2 heterocycles. The van der Waals surface area contributed by atoms with Crippen LogP contribution in [0.3, 0.4) is 0 Å². The van der Waals surface area contributed by atoms with Crippen LogP contribution in [-0.2, 0) is 4.79 Å². The van der Waals surface area contributed by atoms with Crippen molar-refractivity contribution in [2.75, 3.05) is 21.3 Å². The number of aliphatic imine (C=N–C) groups is 2. The second-order valence-corrected chi connectivity index (χ2v) is 4.88. The van der Waals surface area contributed by atoms with Crippen LogP contribution in [0.1, 0.15) is 18.0 Å². The van der Waals surface area contributed by atoms with Gasteiger partial charge in [-0.2, -0.15) is 0 Å². The average Bonchev–Trinajstić information content (AvgIpc) is 3.04. The van der Waals surface area contributed by atoms with Crippen molar-refractivity contribution in [2.24, 2.45) is 9.98 Å². The molecule has 0 spiro atoms. The van der Waals surface area contributed by atoms with E-state index >= 15 is 0 Å². The molecule has 1 aromatic carbocycles. The van der Waals surface area contributed by atoms with Crippen LogP contribution >= 0.6 is 0 Å². The summed E-state index contributed by atoms with van der Waals surface area (Å²) < 4.78 is 16.0. The standard InChI is InChI=1S/C16H16N2O4/c1-20-12-6-9(7-13(21-2)16(12)22-3)14-15-10(4-5-17-15)11(19)8-18-14/h5-8,14H,4H2,1-3H3. The summed E-state index contributed by atoms with van der Waals surface area (Å²) in [5, 5.41) is 0. The summed E-state index contributed by atoms with van der Waals surface area (Å²) in [7, 11) is 4.68. The number of dihydropyridines is 1. The quantitative estimate of drug-likeness (QED) is 0.854. The largest absolute Gasteiger partial charge is 0.493 e. The van der Waals surface area contributed by atoms with Gasteiger partial charge in [0.05, 0.1) is 33.2 Å². The molecular formula is C16H16N2O4. The van der Waals surface area contributed by atoms with E-state index in [1.54, 1.807) is 27.5 Å². The number of carbonyl (C=O) groups excluding carboxylic acids is 1. The molecule has 114 valence electrons. The first kappa shape index (κ1) is 14.3. The van der Waals surface area contributed by atoms with Crippen molar-refractivity contribution in [3.8, 4) is 17.2 Å². The average molecular weight is 300 g/mol. The summed E-state index contributed by atoms with van der Waals surface area (Å²) in [5.74, 6) is 1.55. The first-order valence-electron chi connectivity index (χ1n) is 6.82. The predicted molar refractivity (Wildman–Crippen MR) is 82.5 cm³/mol. The Bertz CT molecular complexity index is 694. The monoisotopic (exact) mass is 300 g/mol. The van der Waals surface area contributed by atoms with Gasteiger partial charge in [-0.15, -0.1) is 0 Å². The molecule has 2 aliphatic rings. The van der Waals surface area contributed by atoms with E-state index in [1.807, 2.05) is 12.1 Å². The van der Waals surface area contributed by atoms with Gasteiger partial charge in [-0.3, -0.25) is 14.8 Å². The summed E-state index contributed by atoms with van der Waals surface area (Å²) in [6, 6.07) is 3.33. The summed E-state index contributed by atoms with van der Waals surface area (Å²) >= 11 is 0. The Morgan fingerprint density at radius 1 is 1.09 bits per heavy atom. The fraction of sp³-hybridized carbons (Fsp3) is 0.312. The zero-order chi connectivity index (χ0) is 15.7. The van der Waals surface area contributed by atoms with Crippen molar-refractivity contribution in [1.82, 2.24) is 0 Å². The topological polar surface area (TPSA) is 69.5 Å². The molecule has 0 radical (unpaired) electrons. The third-order valence-corrected chi connectivity index (χ3v) is 3.74. The van der Waals surface area contributed by atoms with Crippen LogP contribution in [0.25, 0.3) is 0 Å². The van der Waals surface area contributed by atoms with E-state index in [9.17, 15) is 4.79 Å². The molecule has 1 unspecified atom stereocenters. The smallest absolute Gasteiger partial charge is 0.203 e. The zero-order valence-electron chi connectivity index (χ0n) is 12.6. The van der Waals surface area contributed by atoms with Crippen LogP contribution in [-0.4, -0.2) is 39.5 Å². The number of hydrogen-bond acceptors (Lipinski definition) is 6. The third kappa shape index (κ3) is 2.16. The molecule has 0 bridgehead atoms. The van der Waals surface area contributed by atoms with E-state index in [-0.39, 0.29) is 11.8 Å². The molecule has 0 aliphatic carbocycles. The van der Waals surface area contributed by atoms with Gasteiger partial charge in [0, 0.05) is 18.2 Å². The van der Waals surface area contributed by atoms with E-state index in [2.05, 4.69) is 9.98 Å². The first-order valence-corrected chi connectivity index (χ1v) is 6.82. The summed E-state index contributed by atoms with van der Waals surface area (Å²) in [6.45, 7) is 0. The van der Waals surface area contributed by atoms with Crippen LogP contribution in [0.4, 0.5) is 0 Å². The Kier molecular flexibility index (Phi) is 3.66. The molecule has 6 heteroatoms. The summed E-state index contributed by atoms with van der Waals surface area (Å²) in [6.07, 6.45) is 3.66. The minimum absolute atomic E-state index is 0.0730. The highest BCUT2D eigenvalue weighted by Crippen LogP contribution is 2.43. The number of ether oxygens (including phenoxy) is 3. The van der Waals surface area contributed by atoms with Gasteiger partial charge in [0.1, 0.15) is 6.04 Å². The third-order valence-electron chi connectivity index (χ3n) is 3.74. The minimum atomic E-state index is -0.333. The maximum Gasteiger partial charge on any atom is 0.203 e. The van der Waals surface area contributed by atoms with Gasteiger partial charge in [0.25, 0.3) is 0 Å². The van der Waals surface area contributed by atoms with E-state index in [1.165, 1.54) is 6.21 Å². The van der Waals surface area contributed by atoms with Crippen molar-refractivity contribution < 1.29 is 19.0 Å². The van der Waals surface area contributed by atoms with Crippen LogP contribution in [0.15, 0.2) is 33.4 Å². The first-order chi connectivity index (χ1) is 10.7. The molecule has 6 nitrogen and oxygen atoms in total. The lowest BCUT2D eigenvalue weighted by Crippen LogP contribution is -2.14. The Labute approximate surface area is 128 Å². The number of benzene rings is 1. The maximum atomic E-state index is 11.8. The Morgan fingerprint density at radius 3 is 2.36 bits per heavy atom. The number of methoxy groups -OCH3 is 3. The van der Waals surface area contributed by atoms with Crippen LogP contribution in [0.2, 0.25) is 0 Å². The van der Waals surface area contributed by atoms with Gasteiger partial charge in [-0.05, 0) is 17.7 Å². The molecule has 0 amide bonds. The minimum Gasteiger partial charge on any atom is -0.493 e. The number of hydrogen-bond donors (Lipinski definition) is 0. The molecule has 0 fully saturated rings. The van der Waals surface area contributed by atoms with Crippen LogP contribution in [0, 0.1) is 0 Å². The maximum absolute atomic E-state index is 11.8. The number of Topliss-reactive ketones (excluding diaryl/α,β-unsaturated/α-hetero) is 1. The number of carbonyl (C=O) groups is 1. The summed E-state index contributed by atoms with van der Waals surface area (Å²) in [4.78, 5) is 20.5. The van der Waals surface area contributed by atoms with Gasteiger partial charge in [-0.1, -0.05) is 0 Å². The highest BCUT2D eigenvalue weighted by Gasteiger charge is 2.30. The van der Waals surface area contributed by atoms with Crippen LogP contribution < -0.4 is 14.2 Å². The van der Waals surface area contributed by atoms with Gasteiger partial charge in [0.15, 0.2) is 11.5 Å². The fourth-order valence-electron chi connectivity index (χ4n) is 2.67. The number of nitrogens with zero attached hydrogens (tertiary/aromatic N) is 2.